The van der Waals surface area contributed by atoms with Gasteiger partial charge in [-0.25, -0.2) is 4.39 Å². The number of halogens is 1. The zero-order valence-electron chi connectivity index (χ0n) is 15.5. The fourth-order valence-electron chi connectivity index (χ4n) is 2.56. The number of nitrogens with zero attached hydrogens (tertiary/aromatic N) is 1. The summed E-state index contributed by atoms with van der Waals surface area (Å²) < 4.78 is 18.6. The molecule has 0 bridgehead atoms. The molecule has 4 nitrogen and oxygen atoms in total. The summed E-state index contributed by atoms with van der Waals surface area (Å²) >= 11 is 1.68. The number of ether oxygens (including phenoxy) is 1. The number of hydrogen-bond donors (Lipinski definition) is 2. The maximum Gasteiger partial charge on any atom is 0.191 e. The van der Waals surface area contributed by atoms with Gasteiger partial charge in [0.2, 0.25) is 0 Å². The van der Waals surface area contributed by atoms with E-state index in [1.807, 2.05) is 12.3 Å². The van der Waals surface area contributed by atoms with Gasteiger partial charge in [0.05, 0.1) is 6.61 Å². The van der Waals surface area contributed by atoms with Crippen molar-refractivity contribution >= 4 is 17.7 Å². The molecule has 6 heteroatoms. The van der Waals surface area contributed by atoms with Gasteiger partial charge in [0.1, 0.15) is 5.82 Å². The molecule has 0 aromatic heterocycles. The van der Waals surface area contributed by atoms with Crippen molar-refractivity contribution < 1.29 is 9.13 Å². The Morgan fingerprint density at radius 1 is 1.04 bits per heavy atom. The molecule has 0 atom stereocenters. The van der Waals surface area contributed by atoms with Crippen LogP contribution in [-0.4, -0.2) is 26.4 Å². The molecule has 0 saturated carbocycles. The van der Waals surface area contributed by atoms with E-state index in [1.54, 1.807) is 32.0 Å². The monoisotopic (exact) mass is 375 g/mol. The Balaban J connectivity index is 1.90. The van der Waals surface area contributed by atoms with Gasteiger partial charge in [-0.2, -0.15) is 11.8 Å². The van der Waals surface area contributed by atoms with Gasteiger partial charge in [-0.15, -0.1) is 0 Å². The summed E-state index contributed by atoms with van der Waals surface area (Å²) in [6.45, 7) is 1.89. The van der Waals surface area contributed by atoms with Crippen molar-refractivity contribution in [2.75, 3.05) is 20.4 Å². The topological polar surface area (TPSA) is 45.7 Å². The number of rotatable bonds is 8. The average molecular weight is 376 g/mol. The third kappa shape index (κ3) is 6.35. The second-order valence-corrected chi connectivity index (χ2v) is 6.74. The van der Waals surface area contributed by atoms with Gasteiger partial charge in [-0.3, -0.25) is 4.99 Å². The molecule has 0 aliphatic carbocycles. The largest absolute Gasteiger partial charge is 0.380 e. The first kappa shape index (κ1) is 20.3. The predicted molar refractivity (Wildman–Crippen MR) is 108 cm³/mol. The number of nitrogens with one attached hydrogen (secondary N) is 2. The summed E-state index contributed by atoms with van der Waals surface area (Å²) in [6.07, 6.45) is 2.01. The smallest absolute Gasteiger partial charge is 0.191 e. The molecule has 0 unspecified atom stereocenters. The number of guanidine groups is 1. The highest BCUT2D eigenvalue weighted by Crippen LogP contribution is 2.16. The predicted octanol–water partition coefficient (Wildman–Crippen LogP) is 3.70. The Morgan fingerprint density at radius 3 is 2.38 bits per heavy atom. The highest BCUT2D eigenvalue weighted by atomic mass is 32.2. The Kier molecular flexibility index (Phi) is 8.44. The van der Waals surface area contributed by atoms with Crippen molar-refractivity contribution in [2.24, 2.45) is 4.99 Å². The van der Waals surface area contributed by atoms with E-state index in [0.29, 0.717) is 25.7 Å². The second kappa shape index (κ2) is 10.8. The van der Waals surface area contributed by atoms with E-state index in [0.717, 1.165) is 28.0 Å². The van der Waals surface area contributed by atoms with Gasteiger partial charge in [-0.1, -0.05) is 30.3 Å². The highest BCUT2D eigenvalue weighted by Gasteiger charge is 2.06. The molecule has 0 saturated heterocycles. The van der Waals surface area contributed by atoms with Crippen molar-refractivity contribution in [3.63, 3.8) is 0 Å². The highest BCUT2D eigenvalue weighted by molar-refractivity contribution is 7.97. The van der Waals surface area contributed by atoms with Crippen LogP contribution in [0, 0.1) is 5.82 Å². The minimum absolute atomic E-state index is 0.197. The van der Waals surface area contributed by atoms with Crippen LogP contribution >= 0.6 is 11.8 Å². The van der Waals surface area contributed by atoms with Crippen molar-refractivity contribution in [3.8, 4) is 0 Å². The molecule has 2 N–H and O–H groups in total. The average Bonchev–Trinajstić information content (AvgIpc) is 2.65. The molecule has 26 heavy (non-hydrogen) atoms. The van der Waals surface area contributed by atoms with Crippen molar-refractivity contribution in [3.05, 3.63) is 70.5 Å². The number of hydrogen-bond acceptors (Lipinski definition) is 3. The lowest BCUT2D eigenvalue weighted by molar-refractivity contribution is 0.185. The van der Waals surface area contributed by atoms with E-state index < -0.39 is 0 Å². The number of thioether (sulfide) groups is 1. The molecule has 0 spiro atoms. The SMILES string of the molecule is CN=C(NCc1ccc(COC)cc1)NCc1ccc(F)cc1CSC. The lowest BCUT2D eigenvalue weighted by Gasteiger charge is -2.14. The first-order valence-corrected chi connectivity index (χ1v) is 9.83. The number of methoxy groups -OCH3 is 1. The summed E-state index contributed by atoms with van der Waals surface area (Å²) in [5.41, 5.74) is 4.40. The zero-order valence-corrected chi connectivity index (χ0v) is 16.3. The van der Waals surface area contributed by atoms with Crippen molar-refractivity contribution in [1.29, 1.82) is 0 Å². The molecule has 2 aromatic carbocycles. The number of benzene rings is 2. The minimum Gasteiger partial charge on any atom is -0.380 e. The molecule has 2 rings (SSSR count). The quantitative estimate of drug-likeness (QED) is 0.546. The molecule has 2 aromatic rings. The third-order valence-electron chi connectivity index (χ3n) is 3.93. The molecule has 0 amide bonds. The normalized spacial score (nSPS) is 11.5. The van der Waals surface area contributed by atoms with Crippen LogP contribution in [0.25, 0.3) is 0 Å². The number of aliphatic imine (C=N–C) groups is 1. The van der Waals surface area contributed by atoms with Crippen LogP contribution in [0.2, 0.25) is 0 Å². The van der Waals surface area contributed by atoms with Crippen LogP contribution in [0.1, 0.15) is 22.3 Å². The maximum atomic E-state index is 13.4. The summed E-state index contributed by atoms with van der Waals surface area (Å²) in [5.74, 6) is 1.30. The van der Waals surface area contributed by atoms with E-state index in [2.05, 4.69) is 39.9 Å². The molecule has 0 fully saturated rings. The van der Waals surface area contributed by atoms with Gasteiger partial charge in [0.15, 0.2) is 5.96 Å². The van der Waals surface area contributed by atoms with Gasteiger partial charge in [0.25, 0.3) is 0 Å². The van der Waals surface area contributed by atoms with E-state index in [1.165, 1.54) is 6.07 Å². The van der Waals surface area contributed by atoms with Gasteiger partial charge in [-0.05, 0) is 40.6 Å². The third-order valence-corrected chi connectivity index (χ3v) is 4.53. The standard InChI is InChI=1S/C20H26FN3OS/c1-22-20(23-11-15-4-6-16(7-5-15)13-25-2)24-12-17-8-9-19(21)10-18(17)14-26-3/h4-10H,11-14H2,1-3H3,(H2,22,23,24). The Morgan fingerprint density at radius 2 is 1.73 bits per heavy atom. The molecule has 0 radical (unpaired) electrons. The van der Waals surface area contributed by atoms with Crippen LogP contribution in [0.4, 0.5) is 4.39 Å². The molecular weight excluding hydrogens is 349 g/mol. The fourth-order valence-corrected chi connectivity index (χ4v) is 3.14. The van der Waals surface area contributed by atoms with Crippen LogP contribution in [0.15, 0.2) is 47.5 Å². The van der Waals surface area contributed by atoms with E-state index in [9.17, 15) is 4.39 Å². The molecule has 0 aliphatic rings. The summed E-state index contributed by atoms with van der Waals surface area (Å²) in [5, 5.41) is 6.59. The second-order valence-electron chi connectivity index (χ2n) is 5.87. The minimum atomic E-state index is -0.197. The summed E-state index contributed by atoms with van der Waals surface area (Å²) in [6, 6.07) is 13.2. The molecule has 0 aliphatic heterocycles. The Bertz CT molecular complexity index is 719. The van der Waals surface area contributed by atoms with Crippen molar-refractivity contribution in [2.45, 2.75) is 25.4 Å². The van der Waals surface area contributed by atoms with E-state index in [4.69, 9.17) is 4.74 Å². The van der Waals surface area contributed by atoms with Gasteiger partial charge in [0, 0.05) is 33.0 Å². The first-order valence-electron chi connectivity index (χ1n) is 8.43. The van der Waals surface area contributed by atoms with Crippen LogP contribution in [0.3, 0.4) is 0 Å². The van der Waals surface area contributed by atoms with Crippen LogP contribution < -0.4 is 10.6 Å². The Labute approximate surface area is 159 Å². The lowest BCUT2D eigenvalue weighted by Crippen LogP contribution is -2.36. The van der Waals surface area contributed by atoms with Crippen LogP contribution in [-0.2, 0) is 30.2 Å². The fraction of sp³-hybridized carbons (Fsp3) is 0.350. The zero-order chi connectivity index (χ0) is 18.8. The summed E-state index contributed by atoms with van der Waals surface area (Å²) in [4.78, 5) is 4.25. The van der Waals surface area contributed by atoms with E-state index in [-0.39, 0.29) is 5.82 Å². The molecule has 0 heterocycles. The van der Waals surface area contributed by atoms with Gasteiger partial charge >= 0.3 is 0 Å². The Hall–Kier alpha value is -2.05. The lowest BCUT2D eigenvalue weighted by atomic mass is 10.1. The van der Waals surface area contributed by atoms with Crippen LogP contribution in [0.5, 0.6) is 0 Å². The first-order chi connectivity index (χ1) is 12.7. The maximum absolute atomic E-state index is 13.4. The summed E-state index contributed by atoms with van der Waals surface area (Å²) in [7, 11) is 3.43. The molecular formula is C20H26FN3OS. The van der Waals surface area contributed by atoms with Gasteiger partial charge < -0.3 is 15.4 Å². The van der Waals surface area contributed by atoms with E-state index >= 15 is 0 Å². The molecule has 140 valence electrons. The van der Waals surface area contributed by atoms with Crippen molar-refractivity contribution in [1.82, 2.24) is 10.6 Å².